The molecule has 0 saturated heterocycles. The first-order chi connectivity index (χ1) is 8.73. The van der Waals surface area contributed by atoms with Crippen molar-refractivity contribution in [3.8, 4) is 0 Å². The quantitative estimate of drug-likeness (QED) is 0.465. The summed E-state index contributed by atoms with van der Waals surface area (Å²) in [5.41, 5.74) is 0.339. The summed E-state index contributed by atoms with van der Waals surface area (Å²) in [7, 11) is 0. The molecule has 0 bridgehead atoms. The van der Waals surface area contributed by atoms with Crippen LogP contribution in [-0.4, -0.2) is 4.57 Å². The first-order valence-electron chi connectivity index (χ1n) is 7.86. The fourth-order valence-electron chi connectivity index (χ4n) is 2.74. The van der Waals surface area contributed by atoms with E-state index in [1.807, 2.05) is 0 Å². The van der Waals surface area contributed by atoms with Crippen molar-refractivity contribution in [3.63, 3.8) is 0 Å². The molecule has 0 aliphatic carbocycles. The second-order valence-electron chi connectivity index (χ2n) is 5.86. The minimum absolute atomic E-state index is 0.339. The molecule has 0 saturated carbocycles. The summed E-state index contributed by atoms with van der Waals surface area (Å²) < 4.78 is 2.43. The molecular weight excluding hydrogens is 218 g/mol. The molecular formula is C17H31N. The van der Waals surface area contributed by atoms with Crippen LogP contribution in [0, 0.1) is 0 Å². The molecule has 1 nitrogen and oxygen atoms in total. The summed E-state index contributed by atoms with van der Waals surface area (Å²) in [6, 6.07) is 4.31. The lowest BCUT2D eigenvalue weighted by Gasteiger charge is -2.32. The van der Waals surface area contributed by atoms with E-state index in [4.69, 9.17) is 0 Å². The standard InChI is InChI=1S/C17H31N/c1-4-6-8-9-10-14-17(3,13-7-5-2)18-15-11-12-16-18/h11-12,15-16H,4-10,13-14H2,1-3H3. The van der Waals surface area contributed by atoms with Crippen LogP contribution in [0.15, 0.2) is 24.5 Å². The van der Waals surface area contributed by atoms with Crippen molar-refractivity contribution in [1.82, 2.24) is 4.57 Å². The lowest BCUT2D eigenvalue weighted by molar-refractivity contribution is 0.253. The second-order valence-corrected chi connectivity index (χ2v) is 5.86. The smallest absolute Gasteiger partial charge is 0.0411 e. The number of aromatic nitrogens is 1. The van der Waals surface area contributed by atoms with E-state index in [0.717, 1.165) is 0 Å². The molecule has 0 aliphatic heterocycles. The molecule has 1 heteroatoms. The van der Waals surface area contributed by atoms with Gasteiger partial charge >= 0.3 is 0 Å². The van der Waals surface area contributed by atoms with Gasteiger partial charge in [0.15, 0.2) is 0 Å². The van der Waals surface area contributed by atoms with Crippen molar-refractivity contribution in [1.29, 1.82) is 0 Å². The maximum absolute atomic E-state index is 2.43. The van der Waals surface area contributed by atoms with Crippen LogP contribution in [0.4, 0.5) is 0 Å². The maximum atomic E-state index is 2.43. The van der Waals surface area contributed by atoms with E-state index in [1.54, 1.807) is 0 Å². The molecule has 0 amide bonds. The summed E-state index contributed by atoms with van der Waals surface area (Å²) in [5, 5.41) is 0. The largest absolute Gasteiger partial charge is 0.349 e. The fraction of sp³-hybridized carbons (Fsp3) is 0.765. The van der Waals surface area contributed by atoms with Crippen molar-refractivity contribution < 1.29 is 0 Å². The highest BCUT2D eigenvalue weighted by atomic mass is 15.0. The lowest BCUT2D eigenvalue weighted by atomic mass is 9.88. The summed E-state index contributed by atoms with van der Waals surface area (Å²) in [5.74, 6) is 0. The van der Waals surface area contributed by atoms with Gasteiger partial charge in [0.1, 0.15) is 0 Å². The highest BCUT2D eigenvalue weighted by Crippen LogP contribution is 2.29. The zero-order chi connectivity index (χ0) is 13.3. The van der Waals surface area contributed by atoms with Gasteiger partial charge in [-0.2, -0.15) is 0 Å². The Kier molecular flexibility index (Phi) is 7.15. The molecule has 0 N–H and O–H groups in total. The third-order valence-electron chi connectivity index (χ3n) is 4.12. The summed E-state index contributed by atoms with van der Waals surface area (Å²) in [4.78, 5) is 0. The first-order valence-corrected chi connectivity index (χ1v) is 7.86. The molecule has 0 fully saturated rings. The molecule has 1 unspecified atom stereocenters. The predicted octanol–water partition coefficient (Wildman–Crippen LogP) is 5.75. The van der Waals surface area contributed by atoms with Crippen LogP contribution in [-0.2, 0) is 5.54 Å². The lowest BCUT2D eigenvalue weighted by Crippen LogP contribution is -2.29. The zero-order valence-corrected chi connectivity index (χ0v) is 12.6. The van der Waals surface area contributed by atoms with Gasteiger partial charge in [0.05, 0.1) is 0 Å². The number of unbranched alkanes of at least 4 members (excludes halogenated alkanes) is 5. The van der Waals surface area contributed by atoms with Crippen molar-refractivity contribution in [2.75, 3.05) is 0 Å². The third kappa shape index (κ3) is 4.88. The number of rotatable bonds is 10. The predicted molar refractivity (Wildman–Crippen MR) is 81.0 cm³/mol. The van der Waals surface area contributed by atoms with E-state index in [1.165, 1.54) is 57.8 Å². The van der Waals surface area contributed by atoms with Crippen LogP contribution in [0.25, 0.3) is 0 Å². The van der Waals surface area contributed by atoms with Crippen LogP contribution < -0.4 is 0 Å². The minimum Gasteiger partial charge on any atom is -0.349 e. The Morgan fingerprint density at radius 3 is 1.94 bits per heavy atom. The summed E-state index contributed by atoms with van der Waals surface area (Å²) in [6.45, 7) is 7.00. The molecule has 0 aromatic carbocycles. The summed E-state index contributed by atoms with van der Waals surface area (Å²) in [6.07, 6.45) is 16.7. The van der Waals surface area contributed by atoms with Crippen molar-refractivity contribution in [3.05, 3.63) is 24.5 Å². The second kappa shape index (κ2) is 8.39. The number of nitrogens with zero attached hydrogens (tertiary/aromatic N) is 1. The van der Waals surface area contributed by atoms with Gasteiger partial charge < -0.3 is 4.57 Å². The monoisotopic (exact) mass is 249 g/mol. The van der Waals surface area contributed by atoms with Gasteiger partial charge in [0, 0.05) is 17.9 Å². The molecule has 1 atom stereocenters. The normalized spacial score (nSPS) is 14.6. The Morgan fingerprint density at radius 1 is 0.778 bits per heavy atom. The Hall–Kier alpha value is -0.720. The van der Waals surface area contributed by atoms with Crippen LogP contribution >= 0.6 is 0 Å². The first kappa shape index (κ1) is 15.3. The van der Waals surface area contributed by atoms with Gasteiger partial charge in [-0.05, 0) is 31.9 Å². The molecule has 0 radical (unpaired) electrons. The zero-order valence-electron chi connectivity index (χ0n) is 12.6. The Balaban J connectivity index is 2.45. The Labute approximate surface area is 114 Å². The van der Waals surface area contributed by atoms with Crippen LogP contribution in [0.3, 0.4) is 0 Å². The van der Waals surface area contributed by atoms with Crippen molar-refractivity contribution in [2.45, 2.75) is 84.1 Å². The molecule has 0 aliphatic rings. The fourth-order valence-corrected chi connectivity index (χ4v) is 2.74. The van der Waals surface area contributed by atoms with E-state index < -0.39 is 0 Å². The Morgan fingerprint density at radius 2 is 1.33 bits per heavy atom. The van der Waals surface area contributed by atoms with Crippen LogP contribution in [0.2, 0.25) is 0 Å². The maximum Gasteiger partial charge on any atom is 0.0411 e. The SMILES string of the molecule is CCCCCCCC(C)(CCCC)n1cccc1. The molecule has 1 heterocycles. The molecule has 1 aromatic heterocycles. The van der Waals surface area contributed by atoms with Gasteiger partial charge in [-0.3, -0.25) is 0 Å². The van der Waals surface area contributed by atoms with E-state index >= 15 is 0 Å². The van der Waals surface area contributed by atoms with E-state index in [9.17, 15) is 0 Å². The van der Waals surface area contributed by atoms with Crippen molar-refractivity contribution in [2.24, 2.45) is 0 Å². The van der Waals surface area contributed by atoms with E-state index in [-0.39, 0.29) is 0 Å². The number of hydrogen-bond donors (Lipinski definition) is 0. The van der Waals surface area contributed by atoms with Gasteiger partial charge in [-0.25, -0.2) is 0 Å². The molecule has 1 aromatic rings. The summed E-state index contributed by atoms with van der Waals surface area (Å²) >= 11 is 0. The molecule has 0 spiro atoms. The van der Waals surface area contributed by atoms with E-state index in [2.05, 4.69) is 49.9 Å². The van der Waals surface area contributed by atoms with Gasteiger partial charge in [-0.1, -0.05) is 58.8 Å². The highest BCUT2D eigenvalue weighted by molar-refractivity contribution is 4.97. The minimum atomic E-state index is 0.339. The van der Waals surface area contributed by atoms with Crippen molar-refractivity contribution >= 4 is 0 Å². The average Bonchev–Trinajstić information content (AvgIpc) is 2.90. The Bertz CT molecular complexity index is 289. The van der Waals surface area contributed by atoms with Crippen LogP contribution in [0.1, 0.15) is 78.6 Å². The van der Waals surface area contributed by atoms with Crippen LogP contribution in [0.5, 0.6) is 0 Å². The van der Waals surface area contributed by atoms with Gasteiger partial charge in [-0.15, -0.1) is 0 Å². The molecule has 18 heavy (non-hydrogen) atoms. The topological polar surface area (TPSA) is 4.93 Å². The molecule has 1 rings (SSSR count). The third-order valence-corrected chi connectivity index (χ3v) is 4.12. The average molecular weight is 249 g/mol. The van der Waals surface area contributed by atoms with Gasteiger partial charge in [0.2, 0.25) is 0 Å². The molecule has 104 valence electrons. The van der Waals surface area contributed by atoms with Gasteiger partial charge in [0.25, 0.3) is 0 Å². The van der Waals surface area contributed by atoms with E-state index in [0.29, 0.717) is 5.54 Å². The highest BCUT2D eigenvalue weighted by Gasteiger charge is 2.23. The number of hydrogen-bond acceptors (Lipinski definition) is 0.